The highest BCUT2D eigenvalue weighted by Crippen LogP contribution is 2.65. The summed E-state index contributed by atoms with van der Waals surface area (Å²) in [6.45, 7) is 7.68. The van der Waals surface area contributed by atoms with Crippen LogP contribution in [0.3, 0.4) is 0 Å². The molecular weight excluding hydrogens is 304 g/mol. The fourth-order valence-electron chi connectivity index (χ4n) is 8.72. The zero-order chi connectivity index (χ0) is 17.6. The average molecular weight is 347 g/mol. The Morgan fingerprint density at radius 1 is 0.960 bits per heavy atom. The van der Waals surface area contributed by atoms with Crippen molar-refractivity contribution in [3.63, 3.8) is 0 Å². The van der Waals surface area contributed by atoms with Crippen LogP contribution in [-0.2, 0) is 0 Å². The summed E-state index contributed by atoms with van der Waals surface area (Å²) in [6, 6.07) is 0. The van der Waals surface area contributed by atoms with Crippen LogP contribution in [0.25, 0.3) is 0 Å². The van der Waals surface area contributed by atoms with Gasteiger partial charge in [0.05, 0.1) is 0 Å². The first-order valence-corrected chi connectivity index (χ1v) is 11.7. The maximum absolute atomic E-state index is 9.76. The lowest BCUT2D eigenvalue weighted by atomic mass is 9.48. The molecule has 4 saturated carbocycles. The Hall–Kier alpha value is -0.0400. The van der Waals surface area contributed by atoms with Crippen LogP contribution < -0.4 is 0 Å². The Bertz CT molecular complexity index is 459. The molecule has 0 aliphatic heterocycles. The van der Waals surface area contributed by atoms with E-state index < -0.39 is 0 Å². The van der Waals surface area contributed by atoms with Gasteiger partial charge in [-0.1, -0.05) is 40.0 Å². The van der Waals surface area contributed by atoms with Crippen LogP contribution in [0.2, 0.25) is 0 Å². The largest absolute Gasteiger partial charge is 0.396 e. The molecule has 0 spiro atoms. The summed E-state index contributed by atoms with van der Waals surface area (Å²) in [6.07, 6.45) is 16.4. The van der Waals surface area contributed by atoms with Crippen molar-refractivity contribution in [1.29, 1.82) is 0 Å². The Morgan fingerprint density at radius 2 is 1.76 bits per heavy atom. The van der Waals surface area contributed by atoms with Crippen LogP contribution in [0.15, 0.2) is 0 Å². The third kappa shape index (κ3) is 3.01. The molecule has 4 fully saturated rings. The zero-order valence-corrected chi connectivity index (χ0v) is 17.1. The van der Waals surface area contributed by atoms with E-state index in [1.54, 1.807) is 19.3 Å². The molecule has 1 N–H and O–H groups in total. The third-order valence-corrected chi connectivity index (χ3v) is 9.81. The fraction of sp³-hybridized carbons (Fsp3) is 1.00. The zero-order valence-electron chi connectivity index (χ0n) is 17.1. The van der Waals surface area contributed by atoms with E-state index in [4.69, 9.17) is 0 Å². The van der Waals surface area contributed by atoms with Crippen molar-refractivity contribution in [2.45, 2.75) is 91.4 Å². The molecule has 144 valence electrons. The van der Waals surface area contributed by atoms with Gasteiger partial charge in [0.25, 0.3) is 0 Å². The SMILES string of the molecule is CCC[C@H]1CCC2C(CCC3C2CCC2(C)C(C(C)CO)CCC32)C1. The van der Waals surface area contributed by atoms with Crippen LogP contribution in [0, 0.1) is 52.8 Å². The van der Waals surface area contributed by atoms with Gasteiger partial charge in [0, 0.05) is 6.61 Å². The Labute approximate surface area is 156 Å². The lowest BCUT2D eigenvalue weighted by Crippen LogP contribution is -2.49. The summed E-state index contributed by atoms with van der Waals surface area (Å²) in [5.74, 6) is 7.54. The molecule has 8 unspecified atom stereocenters. The van der Waals surface area contributed by atoms with Crippen molar-refractivity contribution in [1.82, 2.24) is 0 Å². The van der Waals surface area contributed by atoms with Crippen LogP contribution in [0.5, 0.6) is 0 Å². The highest BCUT2D eigenvalue weighted by molar-refractivity contribution is 5.06. The van der Waals surface area contributed by atoms with E-state index in [0.717, 1.165) is 41.4 Å². The second-order valence-corrected chi connectivity index (χ2v) is 10.8. The van der Waals surface area contributed by atoms with Gasteiger partial charge in [0.2, 0.25) is 0 Å². The number of aliphatic hydroxyl groups excluding tert-OH is 1. The van der Waals surface area contributed by atoms with Gasteiger partial charge in [-0.25, -0.2) is 0 Å². The topological polar surface area (TPSA) is 20.2 Å². The molecule has 0 aromatic carbocycles. The van der Waals surface area contributed by atoms with Crippen LogP contribution in [-0.4, -0.2) is 11.7 Å². The molecule has 0 bridgehead atoms. The van der Waals surface area contributed by atoms with E-state index in [0.29, 0.717) is 17.9 Å². The minimum Gasteiger partial charge on any atom is -0.396 e. The van der Waals surface area contributed by atoms with Gasteiger partial charge < -0.3 is 5.11 Å². The van der Waals surface area contributed by atoms with Gasteiger partial charge in [-0.2, -0.15) is 0 Å². The van der Waals surface area contributed by atoms with Gasteiger partial charge >= 0.3 is 0 Å². The van der Waals surface area contributed by atoms with E-state index in [2.05, 4.69) is 20.8 Å². The first-order chi connectivity index (χ1) is 12.1. The molecule has 0 aromatic heterocycles. The molecule has 4 aliphatic rings. The van der Waals surface area contributed by atoms with E-state index in [1.165, 1.54) is 51.4 Å². The van der Waals surface area contributed by atoms with Crippen LogP contribution >= 0.6 is 0 Å². The smallest absolute Gasteiger partial charge is 0.0459 e. The molecule has 0 amide bonds. The minimum atomic E-state index is 0.393. The Morgan fingerprint density at radius 3 is 2.52 bits per heavy atom. The number of hydrogen-bond acceptors (Lipinski definition) is 1. The number of fused-ring (bicyclic) bond motifs is 5. The number of rotatable bonds is 4. The van der Waals surface area contributed by atoms with Gasteiger partial charge in [-0.05, 0) is 104 Å². The molecule has 9 atom stereocenters. The molecule has 25 heavy (non-hydrogen) atoms. The maximum atomic E-state index is 9.76. The van der Waals surface area contributed by atoms with Gasteiger partial charge in [-0.3, -0.25) is 0 Å². The summed E-state index contributed by atoms with van der Waals surface area (Å²) in [5, 5.41) is 9.76. The molecule has 0 aromatic rings. The monoisotopic (exact) mass is 346 g/mol. The molecule has 0 radical (unpaired) electrons. The van der Waals surface area contributed by atoms with Crippen molar-refractivity contribution in [2.75, 3.05) is 6.61 Å². The Kier molecular flexibility index (Phi) is 5.26. The quantitative estimate of drug-likeness (QED) is 0.633. The van der Waals surface area contributed by atoms with Crippen molar-refractivity contribution in [3.05, 3.63) is 0 Å². The van der Waals surface area contributed by atoms with E-state index in [-0.39, 0.29) is 0 Å². The predicted molar refractivity (Wildman–Crippen MR) is 105 cm³/mol. The average Bonchev–Trinajstić information content (AvgIpc) is 2.98. The highest BCUT2D eigenvalue weighted by Gasteiger charge is 2.57. The van der Waals surface area contributed by atoms with Gasteiger partial charge in [0.15, 0.2) is 0 Å². The van der Waals surface area contributed by atoms with Crippen molar-refractivity contribution >= 4 is 0 Å². The fourth-order valence-corrected chi connectivity index (χ4v) is 8.72. The summed E-state index contributed by atoms with van der Waals surface area (Å²) in [4.78, 5) is 0. The molecular formula is C24H42O. The lowest BCUT2D eigenvalue weighted by Gasteiger charge is -2.57. The van der Waals surface area contributed by atoms with E-state index in [9.17, 15) is 5.11 Å². The molecule has 0 heterocycles. The molecule has 1 heteroatoms. The molecule has 1 nitrogen and oxygen atoms in total. The minimum absolute atomic E-state index is 0.393. The van der Waals surface area contributed by atoms with E-state index >= 15 is 0 Å². The van der Waals surface area contributed by atoms with Gasteiger partial charge in [0.1, 0.15) is 0 Å². The first-order valence-electron chi connectivity index (χ1n) is 11.7. The third-order valence-electron chi connectivity index (χ3n) is 9.81. The summed E-state index contributed by atoms with van der Waals surface area (Å²) in [7, 11) is 0. The molecule has 4 rings (SSSR count). The van der Waals surface area contributed by atoms with E-state index in [1.807, 2.05) is 0 Å². The molecule has 0 saturated heterocycles. The van der Waals surface area contributed by atoms with Crippen LogP contribution in [0.4, 0.5) is 0 Å². The second kappa shape index (κ2) is 7.17. The van der Waals surface area contributed by atoms with Gasteiger partial charge in [-0.15, -0.1) is 0 Å². The van der Waals surface area contributed by atoms with Crippen LogP contribution in [0.1, 0.15) is 91.4 Å². The normalized spacial score (nSPS) is 50.6. The number of aliphatic hydroxyl groups is 1. The maximum Gasteiger partial charge on any atom is 0.0459 e. The summed E-state index contributed by atoms with van der Waals surface area (Å²) in [5.41, 5.74) is 0.537. The Balaban J connectivity index is 1.48. The summed E-state index contributed by atoms with van der Waals surface area (Å²) >= 11 is 0. The highest BCUT2D eigenvalue weighted by atomic mass is 16.3. The first kappa shape index (κ1) is 18.3. The standard InChI is InChI=1S/C24H42O/c1-4-5-17-6-8-19-18(14-17)7-9-21-20(19)12-13-24(3)22(16(2)15-25)10-11-23(21)24/h16-23,25H,4-15H2,1-3H3/t16?,17-,18?,19?,20?,21?,22?,23?,24?/m0/s1. The van der Waals surface area contributed by atoms with Crippen molar-refractivity contribution in [2.24, 2.45) is 52.8 Å². The second-order valence-electron chi connectivity index (χ2n) is 10.8. The van der Waals surface area contributed by atoms with Crippen molar-refractivity contribution in [3.8, 4) is 0 Å². The number of hydrogen-bond donors (Lipinski definition) is 1. The lowest BCUT2D eigenvalue weighted by molar-refractivity contribution is -0.0764. The predicted octanol–water partition coefficient (Wildman–Crippen LogP) is 6.30. The van der Waals surface area contributed by atoms with Crippen molar-refractivity contribution < 1.29 is 5.11 Å². The molecule has 4 aliphatic carbocycles. The summed E-state index contributed by atoms with van der Waals surface area (Å²) < 4.78 is 0.